The maximum atomic E-state index is 12.4. The van der Waals surface area contributed by atoms with Crippen LogP contribution in [0, 0.1) is 13.8 Å². The van der Waals surface area contributed by atoms with Crippen LogP contribution in [0.3, 0.4) is 0 Å². The Morgan fingerprint density at radius 3 is 2.58 bits per heavy atom. The second kappa shape index (κ2) is 7.04. The molecule has 0 aliphatic heterocycles. The van der Waals surface area contributed by atoms with Gasteiger partial charge in [0.2, 0.25) is 0 Å². The lowest BCUT2D eigenvalue weighted by atomic mass is 10.1. The fourth-order valence-electron chi connectivity index (χ4n) is 2.58. The summed E-state index contributed by atoms with van der Waals surface area (Å²) in [6.45, 7) is 3.94. The summed E-state index contributed by atoms with van der Waals surface area (Å²) < 4.78 is 0. The molecule has 3 rings (SSSR count). The van der Waals surface area contributed by atoms with Crippen LogP contribution < -0.4 is 5.32 Å². The summed E-state index contributed by atoms with van der Waals surface area (Å²) in [5.74, 6) is 1.04. The summed E-state index contributed by atoms with van der Waals surface area (Å²) in [5.41, 5.74) is 3.88. The minimum atomic E-state index is -0.156. The molecular weight excluding hydrogens is 298 g/mol. The molecule has 1 heterocycles. The lowest BCUT2D eigenvalue weighted by molar-refractivity contribution is 0.102. The molecule has 1 N–H and O–H groups in total. The summed E-state index contributed by atoms with van der Waals surface area (Å²) in [4.78, 5) is 21.2. The Labute approximate surface area is 141 Å². The Morgan fingerprint density at radius 2 is 1.83 bits per heavy atom. The van der Waals surface area contributed by atoms with Crippen LogP contribution in [0.1, 0.15) is 32.9 Å². The van der Waals surface area contributed by atoms with Gasteiger partial charge in [0, 0.05) is 18.2 Å². The number of amides is 1. The topological polar surface area (TPSA) is 54.9 Å². The summed E-state index contributed by atoms with van der Waals surface area (Å²) in [7, 11) is 0. The second-order valence-corrected chi connectivity index (χ2v) is 5.79. The fourth-order valence-corrected chi connectivity index (χ4v) is 2.58. The normalized spacial score (nSPS) is 10.4. The number of anilines is 1. The van der Waals surface area contributed by atoms with E-state index in [1.54, 1.807) is 12.3 Å². The largest absolute Gasteiger partial charge is 0.306 e. The first-order valence-corrected chi connectivity index (χ1v) is 7.86. The van der Waals surface area contributed by atoms with Crippen LogP contribution in [-0.2, 0) is 6.42 Å². The van der Waals surface area contributed by atoms with Crippen LogP contribution in [0.4, 0.5) is 5.82 Å². The molecule has 0 fully saturated rings. The number of hydrogen-bond acceptors (Lipinski definition) is 3. The minimum absolute atomic E-state index is 0.156. The van der Waals surface area contributed by atoms with Crippen LogP contribution in [0.2, 0.25) is 0 Å². The van der Waals surface area contributed by atoms with Crippen molar-refractivity contribution in [1.29, 1.82) is 0 Å². The monoisotopic (exact) mass is 317 g/mol. The smallest absolute Gasteiger partial charge is 0.257 e. The zero-order valence-electron chi connectivity index (χ0n) is 13.8. The van der Waals surface area contributed by atoms with E-state index in [9.17, 15) is 4.79 Å². The molecule has 0 aliphatic carbocycles. The van der Waals surface area contributed by atoms with Crippen molar-refractivity contribution in [2.45, 2.75) is 20.3 Å². The van der Waals surface area contributed by atoms with Gasteiger partial charge in [0.05, 0.1) is 0 Å². The molecule has 2 aromatic carbocycles. The van der Waals surface area contributed by atoms with Crippen LogP contribution >= 0.6 is 0 Å². The Morgan fingerprint density at radius 1 is 1.04 bits per heavy atom. The van der Waals surface area contributed by atoms with Gasteiger partial charge < -0.3 is 5.32 Å². The average molecular weight is 317 g/mol. The van der Waals surface area contributed by atoms with Gasteiger partial charge in [-0.1, -0.05) is 48.0 Å². The Hall–Kier alpha value is -3.01. The number of carbonyl (C=O) groups excluding carboxylic acids is 1. The molecule has 1 amide bonds. The Balaban J connectivity index is 1.75. The van der Waals surface area contributed by atoms with Gasteiger partial charge in [-0.15, -0.1) is 0 Å². The van der Waals surface area contributed by atoms with E-state index < -0.39 is 0 Å². The number of carbonyl (C=O) groups is 1. The highest BCUT2D eigenvalue weighted by Crippen LogP contribution is 2.13. The first-order valence-electron chi connectivity index (χ1n) is 7.86. The second-order valence-electron chi connectivity index (χ2n) is 5.79. The van der Waals surface area contributed by atoms with Gasteiger partial charge in [-0.2, -0.15) is 0 Å². The third-order valence-corrected chi connectivity index (χ3v) is 3.78. The first-order chi connectivity index (χ1) is 11.6. The summed E-state index contributed by atoms with van der Waals surface area (Å²) >= 11 is 0. The van der Waals surface area contributed by atoms with E-state index in [4.69, 9.17) is 0 Å². The quantitative estimate of drug-likeness (QED) is 0.793. The average Bonchev–Trinajstić information content (AvgIpc) is 2.56. The van der Waals surface area contributed by atoms with Gasteiger partial charge in [-0.25, -0.2) is 9.97 Å². The van der Waals surface area contributed by atoms with E-state index in [1.165, 1.54) is 0 Å². The van der Waals surface area contributed by atoms with Crippen molar-refractivity contribution in [3.05, 3.63) is 88.9 Å². The minimum Gasteiger partial charge on any atom is -0.306 e. The van der Waals surface area contributed by atoms with Crippen LogP contribution in [0.25, 0.3) is 0 Å². The number of nitrogens with one attached hydrogen (secondary N) is 1. The molecular formula is C20H19N3O. The molecule has 0 unspecified atom stereocenters. The van der Waals surface area contributed by atoms with Crippen molar-refractivity contribution in [3.63, 3.8) is 0 Å². The van der Waals surface area contributed by atoms with Crippen molar-refractivity contribution in [1.82, 2.24) is 9.97 Å². The summed E-state index contributed by atoms with van der Waals surface area (Å²) in [5, 5.41) is 2.85. The van der Waals surface area contributed by atoms with Gasteiger partial charge in [-0.3, -0.25) is 4.79 Å². The number of hydrogen-bond donors (Lipinski definition) is 1. The zero-order chi connectivity index (χ0) is 16.9. The van der Waals surface area contributed by atoms with Crippen LogP contribution in [-0.4, -0.2) is 15.9 Å². The predicted molar refractivity (Wildman–Crippen MR) is 95.1 cm³/mol. The molecule has 1 aromatic heterocycles. The molecule has 0 atom stereocenters. The van der Waals surface area contributed by atoms with Gasteiger partial charge in [0.25, 0.3) is 5.91 Å². The molecule has 0 saturated carbocycles. The van der Waals surface area contributed by atoms with E-state index in [2.05, 4.69) is 15.3 Å². The number of benzene rings is 2. The third-order valence-electron chi connectivity index (χ3n) is 3.78. The number of aromatic nitrogens is 2. The van der Waals surface area contributed by atoms with Gasteiger partial charge in [0.15, 0.2) is 0 Å². The molecule has 4 heteroatoms. The van der Waals surface area contributed by atoms with E-state index in [0.29, 0.717) is 23.6 Å². The van der Waals surface area contributed by atoms with Crippen LogP contribution in [0.5, 0.6) is 0 Å². The lowest BCUT2D eigenvalue weighted by Gasteiger charge is -2.09. The molecule has 120 valence electrons. The van der Waals surface area contributed by atoms with Gasteiger partial charge >= 0.3 is 0 Å². The Bertz CT molecular complexity index is 860. The molecule has 0 radical (unpaired) electrons. The summed E-state index contributed by atoms with van der Waals surface area (Å²) in [6, 6.07) is 17.5. The SMILES string of the molecule is Cc1ccc(C(=O)Nc2ccnc(Cc3ccccc3)n2)c(C)c1. The molecule has 24 heavy (non-hydrogen) atoms. The van der Waals surface area contributed by atoms with E-state index in [1.807, 2.05) is 62.4 Å². The maximum Gasteiger partial charge on any atom is 0.257 e. The standard InChI is InChI=1S/C20H19N3O/c1-14-8-9-17(15(2)12-14)20(24)23-18-10-11-21-19(22-18)13-16-6-4-3-5-7-16/h3-12H,13H2,1-2H3,(H,21,22,23,24). The molecule has 0 spiro atoms. The highest BCUT2D eigenvalue weighted by molar-refractivity contribution is 6.04. The van der Waals surface area contributed by atoms with Crippen molar-refractivity contribution >= 4 is 11.7 Å². The van der Waals surface area contributed by atoms with Crippen molar-refractivity contribution in [3.8, 4) is 0 Å². The first kappa shape index (κ1) is 15.9. The third kappa shape index (κ3) is 3.84. The fraction of sp³-hybridized carbons (Fsp3) is 0.150. The lowest BCUT2D eigenvalue weighted by Crippen LogP contribution is -2.15. The zero-order valence-corrected chi connectivity index (χ0v) is 13.8. The number of nitrogens with zero attached hydrogens (tertiary/aromatic N) is 2. The molecule has 0 bridgehead atoms. The number of aryl methyl sites for hydroxylation is 2. The van der Waals surface area contributed by atoms with Crippen LogP contribution in [0.15, 0.2) is 60.8 Å². The van der Waals surface area contributed by atoms with E-state index in [0.717, 1.165) is 16.7 Å². The van der Waals surface area contributed by atoms with Crippen molar-refractivity contribution in [2.75, 3.05) is 5.32 Å². The molecule has 0 saturated heterocycles. The van der Waals surface area contributed by atoms with Gasteiger partial charge in [0.1, 0.15) is 11.6 Å². The predicted octanol–water partition coefficient (Wildman–Crippen LogP) is 3.94. The molecule has 4 nitrogen and oxygen atoms in total. The number of rotatable bonds is 4. The maximum absolute atomic E-state index is 12.4. The molecule has 0 aliphatic rings. The van der Waals surface area contributed by atoms with E-state index in [-0.39, 0.29) is 5.91 Å². The highest BCUT2D eigenvalue weighted by Gasteiger charge is 2.10. The van der Waals surface area contributed by atoms with Gasteiger partial charge in [-0.05, 0) is 37.1 Å². The highest BCUT2D eigenvalue weighted by atomic mass is 16.1. The Kier molecular flexibility index (Phi) is 4.66. The van der Waals surface area contributed by atoms with Crippen molar-refractivity contribution < 1.29 is 4.79 Å². The van der Waals surface area contributed by atoms with Crippen molar-refractivity contribution in [2.24, 2.45) is 0 Å². The summed E-state index contributed by atoms with van der Waals surface area (Å²) in [6.07, 6.45) is 2.30. The van der Waals surface area contributed by atoms with E-state index >= 15 is 0 Å². The molecule has 3 aromatic rings.